The molecule has 1 rings (SSSR count). The second-order valence-corrected chi connectivity index (χ2v) is 6.61. The standard InChI is InChI=1S/C8H18N2O2S/c1-7(2)4-13(11,12)10-5-8(3,9)6-10/h7H,4-6,9H2,1-3H3. The van der Waals surface area contributed by atoms with Gasteiger partial charge in [0.25, 0.3) is 0 Å². The average Bonchev–Trinajstić information content (AvgIpc) is 1.79. The van der Waals surface area contributed by atoms with Gasteiger partial charge in [0.15, 0.2) is 0 Å². The molecule has 0 radical (unpaired) electrons. The Morgan fingerprint density at radius 2 is 1.92 bits per heavy atom. The quantitative estimate of drug-likeness (QED) is 0.707. The smallest absolute Gasteiger partial charge is 0.214 e. The van der Waals surface area contributed by atoms with Crippen molar-refractivity contribution in [2.75, 3.05) is 18.8 Å². The van der Waals surface area contributed by atoms with E-state index in [1.54, 1.807) is 0 Å². The van der Waals surface area contributed by atoms with Crippen LogP contribution in [-0.4, -0.2) is 37.1 Å². The van der Waals surface area contributed by atoms with Crippen molar-refractivity contribution >= 4 is 10.0 Å². The highest BCUT2D eigenvalue weighted by Crippen LogP contribution is 2.22. The fourth-order valence-electron chi connectivity index (χ4n) is 1.48. The lowest BCUT2D eigenvalue weighted by Crippen LogP contribution is -2.67. The van der Waals surface area contributed by atoms with Crippen LogP contribution in [0.3, 0.4) is 0 Å². The van der Waals surface area contributed by atoms with E-state index in [9.17, 15) is 8.42 Å². The van der Waals surface area contributed by atoms with E-state index in [2.05, 4.69) is 0 Å². The van der Waals surface area contributed by atoms with E-state index in [1.807, 2.05) is 20.8 Å². The van der Waals surface area contributed by atoms with Crippen molar-refractivity contribution in [3.63, 3.8) is 0 Å². The molecule has 0 spiro atoms. The van der Waals surface area contributed by atoms with Gasteiger partial charge in [-0.15, -0.1) is 0 Å². The van der Waals surface area contributed by atoms with Gasteiger partial charge in [-0.1, -0.05) is 13.8 Å². The minimum Gasteiger partial charge on any atom is -0.323 e. The average molecular weight is 206 g/mol. The molecule has 78 valence electrons. The molecule has 5 heteroatoms. The second kappa shape index (κ2) is 3.22. The van der Waals surface area contributed by atoms with Crippen LogP contribution >= 0.6 is 0 Å². The van der Waals surface area contributed by atoms with Gasteiger partial charge in [0.2, 0.25) is 10.0 Å². The number of sulfonamides is 1. The van der Waals surface area contributed by atoms with Crippen LogP contribution in [0.25, 0.3) is 0 Å². The van der Waals surface area contributed by atoms with E-state index in [0.29, 0.717) is 13.1 Å². The number of nitrogens with zero attached hydrogens (tertiary/aromatic N) is 1. The maximum atomic E-state index is 11.6. The molecule has 0 saturated carbocycles. The fraction of sp³-hybridized carbons (Fsp3) is 1.00. The third kappa shape index (κ3) is 2.65. The summed E-state index contributed by atoms with van der Waals surface area (Å²) in [5.74, 6) is 0.401. The lowest BCUT2D eigenvalue weighted by atomic mass is 9.97. The Hall–Kier alpha value is -0.130. The number of hydrogen-bond donors (Lipinski definition) is 1. The molecule has 1 heterocycles. The van der Waals surface area contributed by atoms with Crippen LogP contribution in [0.15, 0.2) is 0 Å². The molecule has 0 bridgehead atoms. The van der Waals surface area contributed by atoms with E-state index in [1.165, 1.54) is 4.31 Å². The summed E-state index contributed by atoms with van der Waals surface area (Å²) in [4.78, 5) is 0. The van der Waals surface area contributed by atoms with E-state index in [0.717, 1.165) is 0 Å². The van der Waals surface area contributed by atoms with Crippen LogP contribution in [0.4, 0.5) is 0 Å². The first-order chi connectivity index (χ1) is 5.73. The van der Waals surface area contributed by atoms with Gasteiger partial charge in [-0.3, -0.25) is 0 Å². The van der Waals surface area contributed by atoms with Crippen molar-refractivity contribution in [1.29, 1.82) is 0 Å². The van der Waals surface area contributed by atoms with Gasteiger partial charge in [-0.05, 0) is 12.8 Å². The molecular formula is C8H18N2O2S. The molecule has 0 aromatic carbocycles. The maximum Gasteiger partial charge on any atom is 0.214 e. The molecule has 1 saturated heterocycles. The molecule has 0 atom stereocenters. The zero-order valence-corrected chi connectivity index (χ0v) is 9.26. The monoisotopic (exact) mass is 206 g/mol. The molecule has 0 aromatic heterocycles. The van der Waals surface area contributed by atoms with Crippen LogP contribution in [0.5, 0.6) is 0 Å². The zero-order chi connectivity index (χ0) is 10.3. The summed E-state index contributed by atoms with van der Waals surface area (Å²) in [5.41, 5.74) is 5.42. The van der Waals surface area contributed by atoms with Crippen molar-refractivity contribution in [1.82, 2.24) is 4.31 Å². The molecule has 13 heavy (non-hydrogen) atoms. The molecule has 1 fully saturated rings. The van der Waals surface area contributed by atoms with Crippen molar-refractivity contribution < 1.29 is 8.42 Å². The summed E-state index contributed by atoms with van der Waals surface area (Å²) in [6.45, 7) is 6.59. The Morgan fingerprint density at radius 1 is 1.46 bits per heavy atom. The van der Waals surface area contributed by atoms with E-state index < -0.39 is 10.0 Å². The zero-order valence-electron chi connectivity index (χ0n) is 8.45. The van der Waals surface area contributed by atoms with Gasteiger partial charge in [-0.25, -0.2) is 8.42 Å². The Balaban J connectivity index is 2.55. The van der Waals surface area contributed by atoms with Crippen molar-refractivity contribution in [3.05, 3.63) is 0 Å². The Morgan fingerprint density at radius 3 is 2.23 bits per heavy atom. The van der Waals surface area contributed by atoms with E-state index in [4.69, 9.17) is 5.73 Å². The first-order valence-corrected chi connectivity index (χ1v) is 6.10. The fourth-order valence-corrected chi connectivity index (χ4v) is 3.52. The third-order valence-corrected chi connectivity index (χ3v) is 4.15. The molecule has 2 N–H and O–H groups in total. The minimum absolute atomic E-state index is 0.176. The molecule has 4 nitrogen and oxygen atoms in total. The summed E-state index contributed by atoms with van der Waals surface area (Å²) < 4.78 is 24.6. The summed E-state index contributed by atoms with van der Waals surface area (Å²) >= 11 is 0. The van der Waals surface area contributed by atoms with Crippen LogP contribution < -0.4 is 5.73 Å². The largest absolute Gasteiger partial charge is 0.323 e. The summed E-state index contributed by atoms with van der Waals surface area (Å²) in [6, 6.07) is 0. The molecule has 1 aliphatic rings. The molecule has 0 amide bonds. The first-order valence-electron chi connectivity index (χ1n) is 4.50. The molecule has 0 unspecified atom stereocenters. The van der Waals surface area contributed by atoms with Crippen molar-refractivity contribution in [3.8, 4) is 0 Å². The predicted octanol–water partition coefficient (Wildman–Crippen LogP) is 0.00520. The van der Waals surface area contributed by atoms with Gasteiger partial charge in [-0.2, -0.15) is 4.31 Å². The Kier molecular flexibility index (Phi) is 2.71. The van der Waals surface area contributed by atoms with Gasteiger partial charge in [0.1, 0.15) is 0 Å². The Labute approximate surface area is 80.1 Å². The molecule has 0 aliphatic carbocycles. The first kappa shape index (κ1) is 10.9. The summed E-state index contributed by atoms with van der Waals surface area (Å²) in [5, 5.41) is 0. The third-order valence-electron chi connectivity index (χ3n) is 2.01. The molecule has 0 aromatic rings. The highest BCUT2D eigenvalue weighted by molar-refractivity contribution is 7.89. The Bertz CT molecular complexity index is 275. The number of rotatable bonds is 3. The number of hydrogen-bond acceptors (Lipinski definition) is 3. The lowest BCUT2D eigenvalue weighted by molar-refractivity contribution is 0.175. The molecular weight excluding hydrogens is 188 g/mol. The second-order valence-electron chi connectivity index (χ2n) is 4.59. The van der Waals surface area contributed by atoms with Crippen LogP contribution in [-0.2, 0) is 10.0 Å². The highest BCUT2D eigenvalue weighted by atomic mass is 32.2. The summed E-state index contributed by atoms with van der Waals surface area (Å²) in [7, 11) is -3.04. The van der Waals surface area contributed by atoms with Crippen LogP contribution in [0.2, 0.25) is 0 Å². The topological polar surface area (TPSA) is 63.4 Å². The van der Waals surface area contributed by atoms with Gasteiger partial charge in [0.05, 0.1) is 5.75 Å². The van der Waals surface area contributed by atoms with Crippen LogP contribution in [0, 0.1) is 5.92 Å². The SMILES string of the molecule is CC(C)CS(=O)(=O)N1CC(C)(N)C1. The maximum absolute atomic E-state index is 11.6. The lowest BCUT2D eigenvalue weighted by Gasteiger charge is -2.44. The van der Waals surface area contributed by atoms with Gasteiger partial charge < -0.3 is 5.73 Å². The minimum atomic E-state index is -3.04. The van der Waals surface area contributed by atoms with Gasteiger partial charge >= 0.3 is 0 Å². The predicted molar refractivity (Wildman–Crippen MR) is 52.8 cm³/mol. The van der Waals surface area contributed by atoms with Crippen LogP contribution in [0.1, 0.15) is 20.8 Å². The summed E-state index contributed by atoms with van der Waals surface area (Å²) in [6.07, 6.45) is 0. The normalized spacial score (nSPS) is 23.2. The van der Waals surface area contributed by atoms with E-state index in [-0.39, 0.29) is 17.2 Å². The van der Waals surface area contributed by atoms with Crippen molar-refractivity contribution in [2.45, 2.75) is 26.3 Å². The molecule has 1 aliphatic heterocycles. The number of nitrogens with two attached hydrogens (primary N) is 1. The van der Waals surface area contributed by atoms with Gasteiger partial charge in [0, 0.05) is 18.6 Å². The highest BCUT2D eigenvalue weighted by Gasteiger charge is 2.41. The van der Waals surface area contributed by atoms with E-state index >= 15 is 0 Å². The van der Waals surface area contributed by atoms with Crippen molar-refractivity contribution in [2.24, 2.45) is 11.7 Å².